The number of nitrogens with zero attached hydrogens (tertiary/aromatic N) is 3. The molecular weight excluding hydrogens is 338 g/mol. The summed E-state index contributed by atoms with van der Waals surface area (Å²) in [6.07, 6.45) is 1.58. The van der Waals surface area contributed by atoms with Gasteiger partial charge >= 0.3 is 0 Å². The first-order valence-electron chi connectivity index (χ1n) is 10.2. The molecule has 2 fully saturated rings. The summed E-state index contributed by atoms with van der Waals surface area (Å²) in [5.41, 5.74) is 2.17. The minimum absolute atomic E-state index is 0.0690. The van der Waals surface area contributed by atoms with E-state index in [9.17, 15) is 9.59 Å². The first-order chi connectivity index (χ1) is 12.8. The molecular formula is C22H33N3O2. The maximum atomic E-state index is 12.9. The number of likely N-dealkylation sites (tertiary alicyclic amines) is 1. The number of amides is 2. The maximum Gasteiger partial charge on any atom is 0.227 e. The van der Waals surface area contributed by atoms with Crippen LogP contribution in [0, 0.1) is 18.3 Å². The van der Waals surface area contributed by atoms with Crippen molar-refractivity contribution in [1.82, 2.24) is 9.80 Å². The SMILES string of the molecule is Cc1cccc(N2CCN(C(=O)C3CCN(C(=O)C(C)(C)C)CC3)CC2)c1. The number of piperazine rings is 1. The van der Waals surface area contributed by atoms with Crippen molar-refractivity contribution in [2.45, 2.75) is 40.5 Å². The lowest BCUT2D eigenvalue weighted by molar-refractivity contribution is -0.145. The molecule has 1 aromatic rings. The van der Waals surface area contributed by atoms with Crippen LogP contribution in [0.2, 0.25) is 0 Å². The van der Waals surface area contributed by atoms with Crippen molar-refractivity contribution in [3.63, 3.8) is 0 Å². The number of piperidine rings is 1. The Morgan fingerprint density at radius 1 is 0.926 bits per heavy atom. The molecule has 0 spiro atoms. The largest absolute Gasteiger partial charge is 0.368 e. The molecule has 2 saturated heterocycles. The van der Waals surface area contributed by atoms with Crippen LogP contribution < -0.4 is 4.90 Å². The van der Waals surface area contributed by atoms with Crippen molar-refractivity contribution >= 4 is 17.5 Å². The van der Waals surface area contributed by atoms with E-state index in [4.69, 9.17) is 0 Å². The molecule has 2 heterocycles. The van der Waals surface area contributed by atoms with Crippen LogP contribution in [0.25, 0.3) is 0 Å². The number of hydrogen-bond donors (Lipinski definition) is 0. The molecule has 0 N–H and O–H groups in total. The quantitative estimate of drug-likeness (QED) is 0.803. The molecule has 0 bridgehead atoms. The van der Waals surface area contributed by atoms with Gasteiger partial charge in [0, 0.05) is 56.3 Å². The molecule has 0 unspecified atom stereocenters. The Hall–Kier alpha value is -2.04. The number of rotatable bonds is 2. The highest BCUT2D eigenvalue weighted by molar-refractivity contribution is 5.83. The van der Waals surface area contributed by atoms with Crippen LogP contribution in [-0.2, 0) is 9.59 Å². The van der Waals surface area contributed by atoms with Crippen LogP contribution in [0.15, 0.2) is 24.3 Å². The standard InChI is InChI=1S/C22H33N3O2/c1-17-6-5-7-19(16-17)23-12-14-24(15-13-23)20(26)18-8-10-25(11-9-18)21(27)22(2,3)4/h5-7,16,18H,8-15H2,1-4H3. The van der Waals surface area contributed by atoms with E-state index in [0.717, 1.165) is 39.0 Å². The highest BCUT2D eigenvalue weighted by atomic mass is 16.2. The van der Waals surface area contributed by atoms with Crippen molar-refractivity contribution in [1.29, 1.82) is 0 Å². The van der Waals surface area contributed by atoms with Crippen LogP contribution in [0.3, 0.4) is 0 Å². The molecule has 27 heavy (non-hydrogen) atoms. The summed E-state index contributed by atoms with van der Waals surface area (Å²) in [7, 11) is 0. The third-order valence-electron chi connectivity index (χ3n) is 5.73. The van der Waals surface area contributed by atoms with Crippen molar-refractivity contribution in [3.8, 4) is 0 Å². The summed E-state index contributed by atoms with van der Waals surface area (Å²) in [4.78, 5) is 31.7. The lowest BCUT2D eigenvalue weighted by Crippen LogP contribution is -2.52. The van der Waals surface area contributed by atoms with Crippen LogP contribution in [0.5, 0.6) is 0 Å². The van der Waals surface area contributed by atoms with Crippen LogP contribution in [-0.4, -0.2) is 60.9 Å². The van der Waals surface area contributed by atoms with Gasteiger partial charge in [0.2, 0.25) is 11.8 Å². The zero-order chi connectivity index (χ0) is 19.6. The van der Waals surface area contributed by atoms with Crippen LogP contribution in [0.1, 0.15) is 39.2 Å². The molecule has 3 rings (SSSR count). The molecule has 0 aromatic heterocycles. The average Bonchev–Trinajstić information content (AvgIpc) is 2.66. The van der Waals surface area contributed by atoms with E-state index in [1.54, 1.807) is 0 Å². The van der Waals surface area contributed by atoms with Gasteiger partial charge in [0.25, 0.3) is 0 Å². The second-order valence-corrected chi connectivity index (χ2v) is 8.97. The molecule has 148 valence electrons. The minimum Gasteiger partial charge on any atom is -0.368 e. The molecule has 5 nitrogen and oxygen atoms in total. The third kappa shape index (κ3) is 4.63. The van der Waals surface area contributed by atoms with E-state index >= 15 is 0 Å². The van der Waals surface area contributed by atoms with E-state index in [2.05, 4.69) is 36.1 Å². The Labute approximate surface area is 163 Å². The lowest BCUT2D eigenvalue weighted by Gasteiger charge is -2.40. The van der Waals surface area contributed by atoms with Gasteiger partial charge in [0.1, 0.15) is 0 Å². The Morgan fingerprint density at radius 2 is 1.56 bits per heavy atom. The Kier molecular flexibility index (Phi) is 5.78. The predicted octanol–water partition coefficient (Wildman–Crippen LogP) is 2.93. The smallest absolute Gasteiger partial charge is 0.227 e. The van der Waals surface area contributed by atoms with Gasteiger partial charge in [0.05, 0.1) is 0 Å². The van der Waals surface area contributed by atoms with E-state index < -0.39 is 0 Å². The minimum atomic E-state index is -0.344. The molecule has 0 saturated carbocycles. The topological polar surface area (TPSA) is 43.9 Å². The first-order valence-corrected chi connectivity index (χ1v) is 10.2. The van der Waals surface area contributed by atoms with Crippen molar-refractivity contribution in [2.24, 2.45) is 11.3 Å². The fraction of sp³-hybridized carbons (Fsp3) is 0.636. The second-order valence-electron chi connectivity index (χ2n) is 8.97. The van der Waals surface area contributed by atoms with Gasteiger partial charge in [-0.15, -0.1) is 0 Å². The fourth-order valence-electron chi connectivity index (χ4n) is 4.07. The third-order valence-corrected chi connectivity index (χ3v) is 5.73. The number of anilines is 1. The first kappa shape index (κ1) is 19.7. The van der Waals surface area contributed by atoms with Crippen molar-refractivity contribution < 1.29 is 9.59 Å². The number of carbonyl (C=O) groups excluding carboxylic acids is 2. The Balaban J connectivity index is 1.50. The van der Waals surface area contributed by atoms with Crippen LogP contribution in [0.4, 0.5) is 5.69 Å². The zero-order valence-electron chi connectivity index (χ0n) is 17.2. The summed E-state index contributed by atoms with van der Waals surface area (Å²) >= 11 is 0. The number of hydrogen-bond acceptors (Lipinski definition) is 3. The fourth-order valence-corrected chi connectivity index (χ4v) is 4.07. The highest BCUT2D eigenvalue weighted by Gasteiger charge is 2.34. The molecule has 2 aliphatic heterocycles. The average molecular weight is 372 g/mol. The Bertz CT molecular complexity index is 679. The van der Waals surface area contributed by atoms with Gasteiger partial charge in [-0.1, -0.05) is 32.9 Å². The number of carbonyl (C=O) groups is 2. The predicted molar refractivity (Wildman–Crippen MR) is 109 cm³/mol. The van der Waals surface area contributed by atoms with E-state index in [1.165, 1.54) is 11.3 Å². The zero-order valence-corrected chi connectivity index (χ0v) is 17.2. The highest BCUT2D eigenvalue weighted by Crippen LogP contribution is 2.25. The molecule has 0 atom stereocenters. The van der Waals surface area contributed by atoms with Gasteiger partial charge in [-0.2, -0.15) is 0 Å². The monoisotopic (exact) mass is 371 g/mol. The van der Waals surface area contributed by atoms with Gasteiger partial charge in [-0.05, 0) is 37.5 Å². The summed E-state index contributed by atoms with van der Waals surface area (Å²) in [6, 6.07) is 8.56. The number of benzene rings is 1. The second kappa shape index (κ2) is 7.91. The van der Waals surface area contributed by atoms with E-state index in [0.29, 0.717) is 13.1 Å². The molecule has 0 radical (unpaired) electrons. The summed E-state index contributed by atoms with van der Waals surface area (Å²) < 4.78 is 0. The molecule has 2 aliphatic rings. The Morgan fingerprint density at radius 3 is 2.11 bits per heavy atom. The van der Waals surface area contributed by atoms with Crippen molar-refractivity contribution in [3.05, 3.63) is 29.8 Å². The van der Waals surface area contributed by atoms with Crippen molar-refractivity contribution in [2.75, 3.05) is 44.2 Å². The number of aryl methyl sites for hydroxylation is 1. The van der Waals surface area contributed by atoms with Gasteiger partial charge in [-0.25, -0.2) is 0 Å². The summed E-state index contributed by atoms with van der Waals surface area (Å²) in [6.45, 7) is 12.7. The maximum absolute atomic E-state index is 12.9. The molecule has 2 amide bonds. The van der Waals surface area contributed by atoms with E-state index in [-0.39, 0.29) is 23.1 Å². The van der Waals surface area contributed by atoms with Gasteiger partial charge < -0.3 is 14.7 Å². The summed E-state index contributed by atoms with van der Waals surface area (Å²) in [5, 5.41) is 0. The normalized spacial score (nSPS) is 19.3. The van der Waals surface area contributed by atoms with Gasteiger partial charge in [-0.3, -0.25) is 9.59 Å². The van der Waals surface area contributed by atoms with E-state index in [1.807, 2.05) is 30.6 Å². The summed E-state index contributed by atoms with van der Waals surface area (Å²) in [5.74, 6) is 0.543. The molecule has 0 aliphatic carbocycles. The van der Waals surface area contributed by atoms with Crippen LogP contribution >= 0.6 is 0 Å². The lowest BCUT2D eigenvalue weighted by atomic mass is 9.90. The molecule has 5 heteroatoms. The molecule has 1 aromatic carbocycles. The van der Waals surface area contributed by atoms with Gasteiger partial charge in [0.15, 0.2) is 0 Å².